The first-order valence-electron chi connectivity index (χ1n) is 11.2. The van der Waals surface area contributed by atoms with E-state index in [9.17, 15) is 18.8 Å². The molecule has 1 atom stereocenters. The van der Waals surface area contributed by atoms with Gasteiger partial charge in [0, 0.05) is 12.1 Å². The first-order valence-corrected chi connectivity index (χ1v) is 11.6. The van der Waals surface area contributed by atoms with Crippen LogP contribution in [0.5, 0.6) is 0 Å². The third-order valence-corrected chi connectivity index (χ3v) is 7.07. The molecule has 0 bridgehead atoms. The molecule has 1 aliphatic heterocycles. The maximum atomic E-state index is 13.6. The molecule has 2 aliphatic carbocycles. The maximum absolute atomic E-state index is 13.6. The SMILES string of the molecule is C[C@]1(C(=O)NC2CCCC2)Cn2cnc(C(=O)Nc3ccc(F)cc3Cl)c2C(=O)N1C1CC1. The van der Waals surface area contributed by atoms with Crippen LogP contribution in [-0.4, -0.2) is 49.8 Å². The average Bonchev–Trinajstić information content (AvgIpc) is 3.28. The van der Waals surface area contributed by atoms with E-state index in [1.807, 2.05) is 0 Å². The summed E-state index contributed by atoms with van der Waals surface area (Å²) < 4.78 is 14.9. The molecule has 8 nitrogen and oxygen atoms in total. The fourth-order valence-corrected chi connectivity index (χ4v) is 5.12. The van der Waals surface area contributed by atoms with Crippen LogP contribution in [0.25, 0.3) is 0 Å². The summed E-state index contributed by atoms with van der Waals surface area (Å²) >= 11 is 6.02. The van der Waals surface area contributed by atoms with Gasteiger partial charge >= 0.3 is 0 Å². The lowest BCUT2D eigenvalue weighted by Crippen LogP contribution is -2.65. The highest BCUT2D eigenvalue weighted by atomic mass is 35.5. The molecule has 1 aromatic heterocycles. The summed E-state index contributed by atoms with van der Waals surface area (Å²) in [6.45, 7) is 2.00. The summed E-state index contributed by atoms with van der Waals surface area (Å²) in [5.74, 6) is -1.71. The monoisotopic (exact) mass is 473 g/mol. The Morgan fingerprint density at radius 2 is 1.94 bits per heavy atom. The van der Waals surface area contributed by atoms with E-state index >= 15 is 0 Å². The molecule has 2 N–H and O–H groups in total. The lowest BCUT2D eigenvalue weighted by atomic mass is 9.93. The minimum Gasteiger partial charge on any atom is -0.351 e. The second-order valence-electron chi connectivity index (χ2n) is 9.28. The highest BCUT2D eigenvalue weighted by Crippen LogP contribution is 2.39. The van der Waals surface area contributed by atoms with Gasteiger partial charge in [-0.3, -0.25) is 14.4 Å². The van der Waals surface area contributed by atoms with Gasteiger partial charge in [0.05, 0.1) is 23.6 Å². The van der Waals surface area contributed by atoms with Crippen LogP contribution in [0.2, 0.25) is 5.02 Å². The molecule has 2 fully saturated rings. The Morgan fingerprint density at radius 1 is 1.21 bits per heavy atom. The quantitative estimate of drug-likeness (QED) is 0.696. The van der Waals surface area contributed by atoms with E-state index in [0.29, 0.717) is 0 Å². The number of carbonyl (C=O) groups is 3. The predicted octanol–water partition coefficient (Wildman–Crippen LogP) is 3.36. The number of amides is 3. The molecule has 0 unspecified atom stereocenters. The Morgan fingerprint density at radius 3 is 2.61 bits per heavy atom. The van der Waals surface area contributed by atoms with Crippen molar-refractivity contribution in [2.75, 3.05) is 5.32 Å². The van der Waals surface area contributed by atoms with E-state index in [2.05, 4.69) is 15.6 Å². The summed E-state index contributed by atoms with van der Waals surface area (Å²) in [5, 5.41) is 5.77. The van der Waals surface area contributed by atoms with Crippen LogP contribution in [0.15, 0.2) is 24.5 Å². The van der Waals surface area contributed by atoms with Crippen molar-refractivity contribution in [1.82, 2.24) is 19.8 Å². The van der Waals surface area contributed by atoms with E-state index in [4.69, 9.17) is 11.6 Å². The molecular formula is C23H25ClFN5O3. The van der Waals surface area contributed by atoms with Gasteiger partial charge in [-0.25, -0.2) is 9.37 Å². The summed E-state index contributed by atoms with van der Waals surface area (Å²) in [5.41, 5.74) is -0.760. The van der Waals surface area contributed by atoms with E-state index in [-0.39, 0.29) is 52.5 Å². The van der Waals surface area contributed by atoms with Crippen LogP contribution in [0.1, 0.15) is 66.4 Å². The number of anilines is 1. The van der Waals surface area contributed by atoms with Gasteiger partial charge in [0.15, 0.2) is 5.69 Å². The molecule has 0 radical (unpaired) electrons. The zero-order chi connectivity index (χ0) is 23.3. The molecule has 33 heavy (non-hydrogen) atoms. The van der Waals surface area contributed by atoms with E-state index in [0.717, 1.165) is 44.6 Å². The molecule has 3 amide bonds. The molecule has 2 saturated carbocycles. The molecule has 0 saturated heterocycles. The molecule has 1 aromatic carbocycles. The van der Waals surface area contributed by atoms with Crippen molar-refractivity contribution in [3.05, 3.63) is 46.8 Å². The van der Waals surface area contributed by atoms with Crippen molar-refractivity contribution in [1.29, 1.82) is 0 Å². The van der Waals surface area contributed by atoms with Gasteiger partial charge in [-0.05, 0) is 50.8 Å². The van der Waals surface area contributed by atoms with Crippen LogP contribution in [0.4, 0.5) is 10.1 Å². The Bertz CT molecular complexity index is 1140. The number of imidazole rings is 1. The Hall–Kier alpha value is -2.94. The second kappa shape index (κ2) is 8.13. The van der Waals surface area contributed by atoms with E-state index in [1.165, 1.54) is 18.5 Å². The number of halogens is 2. The summed E-state index contributed by atoms with van der Waals surface area (Å²) in [7, 11) is 0. The lowest BCUT2D eigenvalue weighted by molar-refractivity contribution is -0.134. The van der Waals surface area contributed by atoms with Gasteiger partial charge in [0.2, 0.25) is 5.91 Å². The van der Waals surface area contributed by atoms with Crippen LogP contribution in [0, 0.1) is 5.82 Å². The zero-order valence-corrected chi connectivity index (χ0v) is 19.0. The van der Waals surface area contributed by atoms with Crippen molar-refractivity contribution in [2.45, 2.75) is 69.6 Å². The number of rotatable bonds is 5. The molecular weight excluding hydrogens is 449 g/mol. The number of nitrogens with zero attached hydrogens (tertiary/aromatic N) is 3. The van der Waals surface area contributed by atoms with Crippen LogP contribution in [0.3, 0.4) is 0 Å². The lowest BCUT2D eigenvalue weighted by Gasteiger charge is -2.44. The number of hydrogen-bond donors (Lipinski definition) is 2. The minimum atomic E-state index is -1.07. The van der Waals surface area contributed by atoms with E-state index < -0.39 is 17.3 Å². The third-order valence-electron chi connectivity index (χ3n) is 6.76. The standard InChI is InChI=1S/C23H25ClFN5O3/c1-23(22(33)27-14-4-2-3-5-14)11-29-12-26-18(19(29)21(32)30(23)15-7-8-15)20(31)28-17-9-6-13(25)10-16(17)24/h6,9-10,12,14-15H,2-5,7-8,11H2,1H3,(H,27,33)(H,28,31)/t23-/m1/s1. The van der Waals surface area contributed by atoms with Crippen molar-refractivity contribution in [3.8, 4) is 0 Å². The number of carbonyl (C=O) groups excluding carboxylic acids is 3. The summed E-state index contributed by atoms with van der Waals surface area (Å²) in [6, 6.07) is 3.72. The Labute approximate surface area is 195 Å². The van der Waals surface area contributed by atoms with Crippen LogP contribution in [-0.2, 0) is 11.3 Å². The number of hydrogen-bond acceptors (Lipinski definition) is 4. The first-order chi connectivity index (χ1) is 15.8. The Balaban J connectivity index is 1.44. The van der Waals surface area contributed by atoms with E-state index in [1.54, 1.807) is 16.4 Å². The average molecular weight is 474 g/mol. The molecule has 5 rings (SSSR count). The van der Waals surface area contributed by atoms with Gasteiger partial charge in [-0.2, -0.15) is 0 Å². The van der Waals surface area contributed by atoms with Crippen molar-refractivity contribution < 1.29 is 18.8 Å². The van der Waals surface area contributed by atoms with Crippen LogP contribution < -0.4 is 10.6 Å². The first kappa shape index (κ1) is 21.9. The smallest absolute Gasteiger partial charge is 0.276 e. The van der Waals surface area contributed by atoms with Crippen molar-refractivity contribution >= 4 is 35.0 Å². The normalized spacial score (nSPS) is 22.9. The van der Waals surface area contributed by atoms with Gasteiger partial charge in [-0.15, -0.1) is 0 Å². The fourth-order valence-electron chi connectivity index (χ4n) is 4.90. The second-order valence-corrected chi connectivity index (χ2v) is 9.69. The summed E-state index contributed by atoms with van der Waals surface area (Å²) in [6.07, 6.45) is 7.14. The van der Waals surface area contributed by atoms with Gasteiger partial charge < -0.3 is 20.1 Å². The molecule has 2 aromatic rings. The molecule has 10 heteroatoms. The highest BCUT2D eigenvalue weighted by molar-refractivity contribution is 6.34. The molecule has 3 aliphatic rings. The predicted molar refractivity (Wildman–Crippen MR) is 120 cm³/mol. The number of nitrogens with one attached hydrogen (secondary N) is 2. The number of fused-ring (bicyclic) bond motifs is 1. The summed E-state index contributed by atoms with van der Waals surface area (Å²) in [4.78, 5) is 45.8. The topological polar surface area (TPSA) is 96.3 Å². The van der Waals surface area contributed by atoms with Crippen LogP contribution >= 0.6 is 11.6 Å². The fraction of sp³-hybridized carbons (Fsp3) is 0.478. The molecule has 2 heterocycles. The largest absolute Gasteiger partial charge is 0.351 e. The highest BCUT2D eigenvalue weighted by Gasteiger charge is 2.54. The number of benzene rings is 1. The zero-order valence-electron chi connectivity index (χ0n) is 18.2. The maximum Gasteiger partial charge on any atom is 0.276 e. The van der Waals surface area contributed by atoms with Gasteiger partial charge in [-0.1, -0.05) is 24.4 Å². The Kier molecular flexibility index (Phi) is 5.39. The van der Waals surface area contributed by atoms with Crippen molar-refractivity contribution in [3.63, 3.8) is 0 Å². The minimum absolute atomic E-state index is 0.0390. The van der Waals surface area contributed by atoms with Crippen molar-refractivity contribution in [2.24, 2.45) is 0 Å². The third kappa shape index (κ3) is 3.88. The number of aromatic nitrogens is 2. The molecule has 0 spiro atoms. The van der Waals surface area contributed by atoms with Gasteiger partial charge in [0.25, 0.3) is 11.8 Å². The molecule has 174 valence electrons. The van der Waals surface area contributed by atoms with Gasteiger partial charge in [0.1, 0.15) is 17.1 Å².